The van der Waals surface area contributed by atoms with Crippen LogP contribution in [0.1, 0.15) is 35.9 Å². The third kappa shape index (κ3) is 2.99. The van der Waals surface area contributed by atoms with Gasteiger partial charge in [0.05, 0.1) is 0 Å². The number of nitrogens with one attached hydrogen (secondary N) is 1. The molecule has 1 heterocycles. The van der Waals surface area contributed by atoms with E-state index in [1.807, 2.05) is 6.92 Å². The fourth-order valence-electron chi connectivity index (χ4n) is 2.17. The molecule has 4 nitrogen and oxygen atoms in total. The predicted octanol–water partition coefficient (Wildman–Crippen LogP) is 2.77. The number of rotatable bonds is 5. The van der Waals surface area contributed by atoms with Gasteiger partial charge in [-0.3, -0.25) is 4.79 Å². The summed E-state index contributed by atoms with van der Waals surface area (Å²) in [4.78, 5) is 12.1. The largest absolute Gasteiger partial charge is 0.451 e. The van der Waals surface area contributed by atoms with Crippen LogP contribution in [0.2, 0.25) is 0 Å². The first-order valence-corrected chi connectivity index (χ1v) is 6.63. The number of amides is 1. The fraction of sp³-hybridized carbons (Fsp3) is 0.400. The number of benzene rings is 1. The highest BCUT2D eigenvalue weighted by Gasteiger charge is 2.19. The van der Waals surface area contributed by atoms with Gasteiger partial charge >= 0.3 is 0 Å². The van der Waals surface area contributed by atoms with Crippen LogP contribution in [0.15, 0.2) is 22.6 Å². The van der Waals surface area contributed by atoms with Gasteiger partial charge in [-0.1, -0.05) is 0 Å². The lowest BCUT2D eigenvalue weighted by Crippen LogP contribution is -2.32. The molecule has 0 aliphatic rings. The number of hydrogen-bond donors (Lipinski definition) is 2. The standard InChI is InChI=1S/C15H18FNO3/c1-9(4-3-7-18)17-15(19)14-10(2)12-8-11(16)5-6-13(12)20-14/h5-6,8-9,18H,3-4,7H2,1-2H3,(H,17,19). The maximum Gasteiger partial charge on any atom is 0.287 e. The molecule has 108 valence electrons. The van der Waals surface area contributed by atoms with Crippen molar-refractivity contribution in [1.29, 1.82) is 0 Å². The van der Waals surface area contributed by atoms with Gasteiger partial charge in [-0.15, -0.1) is 0 Å². The van der Waals surface area contributed by atoms with Crippen LogP contribution in [0, 0.1) is 12.7 Å². The van der Waals surface area contributed by atoms with E-state index in [2.05, 4.69) is 5.32 Å². The lowest BCUT2D eigenvalue weighted by molar-refractivity contribution is 0.0909. The van der Waals surface area contributed by atoms with Crippen LogP contribution in [-0.2, 0) is 0 Å². The minimum Gasteiger partial charge on any atom is -0.451 e. The Morgan fingerprint density at radius 2 is 2.25 bits per heavy atom. The van der Waals surface area contributed by atoms with Crippen LogP contribution in [0.4, 0.5) is 4.39 Å². The molecule has 1 unspecified atom stereocenters. The molecule has 5 heteroatoms. The molecule has 0 fully saturated rings. The first kappa shape index (κ1) is 14.5. The molecule has 0 saturated heterocycles. The van der Waals surface area contributed by atoms with Crippen LogP contribution in [-0.4, -0.2) is 23.7 Å². The molecule has 2 rings (SSSR count). The van der Waals surface area contributed by atoms with Gasteiger partial charge in [0.15, 0.2) is 5.76 Å². The maximum atomic E-state index is 13.2. The van der Waals surface area contributed by atoms with Crippen molar-refractivity contribution in [3.63, 3.8) is 0 Å². The summed E-state index contributed by atoms with van der Waals surface area (Å²) in [6.45, 7) is 3.70. The second-order valence-electron chi connectivity index (χ2n) is 4.94. The van der Waals surface area contributed by atoms with Gasteiger partial charge in [-0.05, 0) is 44.9 Å². The second kappa shape index (κ2) is 6.05. The van der Waals surface area contributed by atoms with Crippen LogP contribution in [0.25, 0.3) is 11.0 Å². The van der Waals surface area contributed by atoms with E-state index in [0.29, 0.717) is 29.4 Å². The quantitative estimate of drug-likeness (QED) is 0.884. The van der Waals surface area contributed by atoms with Crippen molar-refractivity contribution in [3.05, 3.63) is 35.3 Å². The molecule has 0 aliphatic heterocycles. The smallest absolute Gasteiger partial charge is 0.287 e. The second-order valence-corrected chi connectivity index (χ2v) is 4.94. The van der Waals surface area contributed by atoms with E-state index in [-0.39, 0.29) is 30.1 Å². The summed E-state index contributed by atoms with van der Waals surface area (Å²) < 4.78 is 18.7. The minimum absolute atomic E-state index is 0.0565. The van der Waals surface area contributed by atoms with Gasteiger partial charge in [0.2, 0.25) is 0 Å². The molecule has 20 heavy (non-hydrogen) atoms. The van der Waals surface area contributed by atoms with Crippen molar-refractivity contribution in [2.24, 2.45) is 0 Å². The average molecular weight is 279 g/mol. The SMILES string of the molecule is Cc1c(C(=O)NC(C)CCCO)oc2ccc(F)cc12. The first-order valence-electron chi connectivity index (χ1n) is 6.63. The van der Waals surface area contributed by atoms with Crippen molar-refractivity contribution in [1.82, 2.24) is 5.32 Å². The lowest BCUT2D eigenvalue weighted by Gasteiger charge is -2.12. The Kier molecular flexibility index (Phi) is 4.39. The summed E-state index contributed by atoms with van der Waals surface area (Å²) in [5, 5.41) is 12.2. The Balaban J connectivity index is 2.20. The molecule has 1 aromatic heterocycles. The van der Waals surface area contributed by atoms with Crippen molar-refractivity contribution >= 4 is 16.9 Å². The Morgan fingerprint density at radius 3 is 2.95 bits per heavy atom. The predicted molar refractivity (Wildman–Crippen MR) is 74.2 cm³/mol. The molecule has 1 atom stereocenters. The number of carbonyl (C=O) groups excluding carboxylic acids is 1. The van der Waals surface area contributed by atoms with Gasteiger partial charge in [-0.2, -0.15) is 0 Å². The highest BCUT2D eigenvalue weighted by molar-refractivity contribution is 5.99. The third-order valence-corrected chi connectivity index (χ3v) is 3.28. The fourth-order valence-corrected chi connectivity index (χ4v) is 2.17. The van der Waals surface area contributed by atoms with E-state index in [1.54, 1.807) is 6.92 Å². The summed E-state index contributed by atoms with van der Waals surface area (Å²) in [5.41, 5.74) is 1.13. The summed E-state index contributed by atoms with van der Waals surface area (Å²) in [5.74, 6) is -0.462. The van der Waals surface area contributed by atoms with Gasteiger partial charge < -0.3 is 14.8 Å². The minimum atomic E-state index is -0.357. The number of aliphatic hydroxyl groups is 1. The number of fused-ring (bicyclic) bond motifs is 1. The van der Waals surface area contributed by atoms with Gasteiger partial charge in [0, 0.05) is 23.6 Å². The van der Waals surface area contributed by atoms with E-state index in [0.717, 1.165) is 0 Å². The van der Waals surface area contributed by atoms with E-state index in [1.165, 1.54) is 18.2 Å². The molecule has 2 N–H and O–H groups in total. The van der Waals surface area contributed by atoms with Crippen molar-refractivity contribution in [3.8, 4) is 0 Å². The topological polar surface area (TPSA) is 62.5 Å². The highest BCUT2D eigenvalue weighted by atomic mass is 19.1. The van der Waals surface area contributed by atoms with Crippen molar-refractivity contribution < 1.29 is 18.7 Å². The third-order valence-electron chi connectivity index (χ3n) is 3.28. The van der Waals surface area contributed by atoms with Gasteiger partial charge in [-0.25, -0.2) is 4.39 Å². The van der Waals surface area contributed by atoms with E-state index in [9.17, 15) is 9.18 Å². The van der Waals surface area contributed by atoms with E-state index in [4.69, 9.17) is 9.52 Å². The molecule has 0 saturated carbocycles. The Labute approximate surface area is 116 Å². The molecule has 2 aromatic rings. The normalized spacial score (nSPS) is 12.6. The summed E-state index contributed by atoms with van der Waals surface area (Å²) in [6, 6.07) is 4.12. The number of furan rings is 1. The Hall–Kier alpha value is -1.88. The lowest BCUT2D eigenvalue weighted by atomic mass is 10.1. The zero-order chi connectivity index (χ0) is 14.7. The van der Waals surface area contributed by atoms with Crippen LogP contribution in [0.5, 0.6) is 0 Å². The molecular weight excluding hydrogens is 261 g/mol. The summed E-state index contributed by atoms with van der Waals surface area (Å²) in [6.07, 6.45) is 1.32. The first-order chi connectivity index (χ1) is 9.52. The zero-order valence-corrected chi connectivity index (χ0v) is 11.6. The molecule has 0 spiro atoms. The maximum absolute atomic E-state index is 13.2. The van der Waals surface area contributed by atoms with Crippen molar-refractivity contribution in [2.75, 3.05) is 6.61 Å². The monoisotopic (exact) mass is 279 g/mol. The summed E-state index contributed by atoms with van der Waals surface area (Å²) in [7, 11) is 0. The number of aryl methyl sites for hydroxylation is 1. The number of carbonyl (C=O) groups is 1. The number of halogens is 1. The Bertz CT molecular complexity index is 621. The van der Waals surface area contributed by atoms with Crippen LogP contribution < -0.4 is 5.32 Å². The average Bonchev–Trinajstić information content (AvgIpc) is 2.74. The molecule has 1 aromatic carbocycles. The van der Waals surface area contributed by atoms with Crippen molar-refractivity contribution in [2.45, 2.75) is 32.7 Å². The van der Waals surface area contributed by atoms with Crippen LogP contribution >= 0.6 is 0 Å². The van der Waals surface area contributed by atoms with Gasteiger partial charge in [0.1, 0.15) is 11.4 Å². The van der Waals surface area contributed by atoms with Crippen LogP contribution in [0.3, 0.4) is 0 Å². The molecular formula is C15H18FNO3. The summed E-state index contributed by atoms with van der Waals surface area (Å²) >= 11 is 0. The molecule has 0 radical (unpaired) electrons. The number of aliphatic hydroxyl groups excluding tert-OH is 1. The van der Waals surface area contributed by atoms with Gasteiger partial charge in [0.25, 0.3) is 5.91 Å². The number of hydrogen-bond acceptors (Lipinski definition) is 3. The molecule has 0 bridgehead atoms. The van der Waals surface area contributed by atoms with E-state index >= 15 is 0 Å². The zero-order valence-electron chi connectivity index (χ0n) is 11.6. The molecule has 0 aliphatic carbocycles. The van der Waals surface area contributed by atoms with E-state index < -0.39 is 0 Å². The highest BCUT2D eigenvalue weighted by Crippen LogP contribution is 2.26. The Morgan fingerprint density at radius 1 is 1.50 bits per heavy atom. The molecule has 1 amide bonds.